The van der Waals surface area contributed by atoms with Crippen LogP contribution in [0.15, 0.2) is 54.6 Å². The molecule has 1 unspecified atom stereocenters. The molecule has 0 fully saturated rings. The van der Waals surface area contributed by atoms with Gasteiger partial charge in [-0.25, -0.2) is 0 Å². The third-order valence-electron chi connectivity index (χ3n) is 3.61. The molecule has 0 heterocycles. The molecule has 0 saturated carbocycles. The highest BCUT2D eigenvalue weighted by Crippen LogP contribution is 2.32. The van der Waals surface area contributed by atoms with E-state index in [1.807, 2.05) is 42.5 Å². The van der Waals surface area contributed by atoms with E-state index < -0.39 is 0 Å². The number of para-hydroxylation sites is 1. The third-order valence-corrected chi connectivity index (χ3v) is 4.55. The second-order valence-electron chi connectivity index (χ2n) is 6.62. The van der Waals surface area contributed by atoms with Crippen molar-refractivity contribution in [2.24, 2.45) is 5.41 Å². The number of carbonyl (C=O) groups is 1. The zero-order valence-electron chi connectivity index (χ0n) is 13.8. The molecule has 1 amide bonds. The topological polar surface area (TPSA) is 41.1 Å². The summed E-state index contributed by atoms with van der Waals surface area (Å²) in [5.41, 5.74) is 2.07. The number of rotatable bonds is 5. The summed E-state index contributed by atoms with van der Waals surface area (Å²) in [6.45, 7) is 6.81. The average Bonchev–Trinajstić information content (AvgIpc) is 2.49. The van der Waals surface area contributed by atoms with Crippen LogP contribution in [0.25, 0.3) is 0 Å². The SMILES string of the molecule is CC(C)(C)C(NCC(=O)Nc1ccccc1I)c1ccccc1. The summed E-state index contributed by atoms with van der Waals surface area (Å²) >= 11 is 2.22. The average molecular weight is 422 g/mol. The summed E-state index contributed by atoms with van der Waals surface area (Å²) in [7, 11) is 0. The quantitative estimate of drug-likeness (QED) is 0.692. The second-order valence-corrected chi connectivity index (χ2v) is 7.78. The molecule has 2 rings (SSSR count). The van der Waals surface area contributed by atoms with E-state index in [4.69, 9.17) is 0 Å². The Labute approximate surface area is 152 Å². The third kappa shape index (κ3) is 5.32. The lowest BCUT2D eigenvalue weighted by atomic mass is 9.82. The standard InChI is InChI=1S/C19H23IN2O/c1-19(2,3)18(14-9-5-4-6-10-14)21-13-17(23)22-16-12-8-7-11-15(16)20/h4-12,18,21H,13H2,1-3H3,(H,22,23). The van der Waals surface area contributed by atoms with E-state index in [0.717, 1.165) is 9.26 Å². The minimum atomic E-state index is -0.0284. The summed E-state index contributed by atoms with van der Waals surface area (Å²) in [4.78, 5) is 12.3. The Kier molecular flexibility index (Phi) is 6.18. The van der Waals surface area contributed by atoms with Crippen LogP contribution in [0.4, 0.5) is 5.69 Å². The van der Waals surface area contributed by atoms with Crippen molar-refractivity contribution in [1.29, 1.82) is 0 Å². The monoisotopic (exact) mass is 422 g/mol. The van der Waals surface area contributed by atoms with E-state index in [0.29, 0.717) is 0 Å². The summed E-state index contributed by atoms with van der Waals surface area (Å²) in [6, 6.07) is 18.2. The fourth-order valence-electron chi connectivity index (χ4n) is 2.52. The predicted molar refractivity (Wildman–Crippen MR) is 104 cm³/mol. The molecule has 2 aromatic carbocycles. The molecule has 0 aromatic heterocycles. The number of nitrogens with one attached hydrogen (secondary N) is 2. The molecule has 0 aliphatic heterocycles. The molecular formula is C19H23IN2O. The molecule has 122 valence electrons. The van der Waals surface area contributed by atoms with Crippen molar-refractivity contribution in [1.82, 2.24) is 5.32 Å². The van der Waals surface area contributed by atoms with E-state index >= 15 is 0 Å². The van der Waals surface area contributed by atoms with Crippen LogP contribution in [0.1, 0.15) is 32.4 Å². The number of halogens is 1. The van der Waals surface area contributed by atoms with Gasteiger partial charge in [0.05, 0.1) is 12.2 Å². The Morgan fingerprint density at radius 3 is 2.26 bits per heavy atom. The normalized spacial score (nSPS) is 12.7. The van der Waals surface area contributed by atoms with Gasteiger partial charge in [0.1, 0.15) is 0 Å². The molecule has 1 atom stereocenters. The number of hydrogen-bond acceptors (Lipinski definition) is 2. The van der Waals surface area contributed by atoms with Crippen molar-refractivity contribution in [3.63, 3.8) is 0 Å². The zero-order valence-corrected chi connectivity index (χ0v) is 15.9. The van der Waals surface area contributed by atoms with E-state index in [-0.39, 0.29) is 23.9 Å². The van der Waals surface area contributed by atoms with Gasteiger partial charge in [0.2, 0.25) is 5.91 Å². The number of amides is 1. The maximum absolute atomic E-state index is 12.3. The Bertz CT molecular complexity index is 650. The van der Waals surface area contributed by atoms with Gasteiger partial charge in [-0.1, -0.05) is 63.2 Å². The van der Waals surface area contributed by atoms with Gasteiger partial charge in [0.25, 0.3) is 0 Å². The number of carbonyl (C=O) groups excluding carboxylic acids is 1. The van der Waals surface area contributed by atoms with Crippen molar-refractivity contribution in [2.45, 2.75) is 26.8 Å². The van der Waals surface area contributed by atoms with Crippen LogP contribution in [0.2, 0.25) is 0 Å². The predicted octanol–water partition coefficient (Wildman–Crippen LogP) is 4.61. The first-order valence-electron chi connectivity index (χ1n) is 7.70. The summed E-state index contributed by atoms with van der Waals surface area (Å²) < 4.78 is 1.04. The first-order valence-corrected chi connectivity index (χ1v) is 8.78. The van der Waals surface area contributed by atoms with Gasteiger partial charge in [-0.15, -0.1) is 0 Å². The van der Waals surface area contributed by atoms with Gasteiger partial charge in [-0.2, -0.15) is 0 Å². The Hall–Kier alpha value is -1.40. The summed E-state index contributed by atoms with van der Waals surface area (Å²) in [6.07, 6.45) is 0. The van der Waals surface area contributed by atoms with Gasteiger partial charge in [-0.05, 0) is 45.7 Å². The van der Waals surface area contributed by atoms with Crippen LogP contribution in [0.3, 0.4) is 0 Å². The fraction of sp³-hybridized carbons (Fsp3) is 0.316. The molecule has 0 spiro atoms. The first-order chi connectivity index (χ1) is 10.9. The van der Waals surface area contributed by atoms with Gasteiger partial charge in [0.15, 0.2) is 0 Å². The minimum Gasteiger partial charge on any atom is -0.324 e. The Morgan fingerprint density at radius 2 is 1.65 bits per heavy atom. The van der Waals surface area contributed by atoms with Crippen molar-refractivity contribution in [3.8, 4) is 0 Å². The lowest BCUT2D eigenvalue weighted by Gasteiger charge is -2.32. The summed E-state index contributed by atoms with van der Waals surface area (Å²) in [5, 5.41) is 6.36. The Morgan fingerprint density at radius 1 is 1.04 bits per heavy atom. The molecule has 2 aromatic rings. The lowest BCUT2D eigenvalue weighted by molar-refractivity contribution is -0.115. The largest absolute Gasteiger partial charge is 0.324 e. The number of benzene rings is 2. The van der Waals surface area contributed by atoms with Gasteiger partial charge >= 0.3 is 0 Å². The number of hydrogen-bond donors (Lipinski definition) is 2. The molecule has 4 heteroatoms. The van der Waals surface area contributed by atoms with E-state index in [1.165, 1.54) is 5.56 Å². The highest BCUT2D eigenvalue weighted by atomic mass is 127. The minimum absolute atomic E-state index is 0.0167. The molecule has 0 saturated heterocycles. The lowest BCUT2D eigenvalue weighted by Crippen LogP contribution is -2.37. The highest BCUT2D eigenvalue weighted by molar-refractivity contribution is 14.1. The van der Waals surface area contributed by atoms with Crippen molar-refractivity contribution in [2.75, 3.05) is 11.9 Å². The zero-order chi connectivity index (χ0) is 16.9. The van der Waals surface area contributed by atoms with Gasteiger partial charge in [0, 0.05) is 9.61 Å². The second kappa shape index (κ2) is 7.93. The van der Waals surface area contributed by atoms with Gasteiger partial charge < -0.3 is 10.6 Å². The van der Waals surface area contributed by atoms with Crippen LogP contribution in [0.5, 0.6) is 0 Å². The first kappa shape index (κ1) is 17.9. The van der Waals surface area contributed by atoms with Gasteiger partial charge in [-0.3, -0.25) is 4.79 Å². The highest BCUT2D eigenvalue weighted by Gasteiger charge is 2.26. The maximum Gasteiger partial charge on any atom is 0.238 e. The Balaban J connectivity index is 2.02. The molecular weight excluding hydrogens is 399 g/mol. The van der Waals surface area contributed by atoms with Crippen LogP contribution < -0.4 is 10.6 Å². The smallest absolute Gasteiger partial charge is 0.238 e. The molecule has 0 radical (unpaired) electrons. The molecule has 0 aliphatic carbocycles. The maximum atomic E-state index is 12.3. The molecule has 0 bridgehead atoms. The molecule has 2 N–H and O–H groups in total. The number of anilines is 1. The van der Waals surface area contributed by atoms with E-state index in [9.17, 15) is 4.79 Å². The molecule has 0 aliphatic rings. The van der Waals surface area contributed by atoms with Crippen LogP contribution in [-0.2, 0) is 4.79 Å². The summed E-state index contributed by atoms with van der Waals surface area (Å²) in [5.74, 6) is -0.0284. The van der Waals surface area contributed by atoms with Crippen LogP contribution in [-0.4, -0.2) is 12.5 Å². The fourth-order valence-corrected chi connectivity index (χ4v) is 3.04. The molecule has 3 nitrogen and oxygen atoms in total. The van der Waals surface area contributed by atoms with Crippen LogP contribution >= 0.6 is 22.6 Å². The van der Waals surface area contributed by atoms with Crippen LogP contribution in [0, 0.1) is 8.99 Å². The van der Waals surface area contributed by atoms with Crippen molar-refractivity contribution in [3.05, 3.63) is 63.7 Å². The van der Waals surface area contributed by atoms with Crippen molar-refractivity contribution < 1.29 is 4.79 Å². The molecule has 23 heavy (non-hydrogen) atoms. The van der Waals surface area contributed by atoms with E-state index in [1.54, 1.807) is 0 Å². The van der Waals surface area contributed by atoms with Crippen molar-refractivity contribution >= 4 is 34.2 Å². The van der Waals surface area contributed by atoms with E-state index in [2.05, 4.69) is 66.1 Å².